The van der Waals surface area contributed by atoms with Gasteiger partial charge in [0.15, 0.2) is 0 Å². The average molecular weight is 235 g/mol. The Morgan fingerprint density at radius 1 is 1.12 bits per heavy atom. The van der Waals surface area contributed by atoms with Gasteiger partial charge in [0, 0.05) is 6.04 Å². The summed E-state index contributed by atoms with van der Waals surface area (Å²) < 4.78 is 0. The molecule has 0 saturated heterocycles. The van der Waals surface area contributed by atoms with Gasteiger partial charge in [-0.15, -0.1) is 0 Å². The van der Waals surface area contributed by atoms with Crippen molar-refractivity contribution in [2.75, 3.05) is 20.6 Å². The van der Waals surface area contributed by atoms with Gasteiger partial charge in [0.25, 0.3) is 0 Å². The highest BCUT2D eigenvalue weighted by Crippen LogP contribution is 2.20. The summed E-state index contributed by atoms with van der Waals surface area (Å²) >= 11 is 0. The molecular weight excluding hydrogens is 210 g/mol. The van der Waals surface area contributed by atoms with Gasteiger partial charge in [0.1, 0.15) is 0 Å². The zero-order chi connectivity index (χ0) is 12.8. The maximum absolute atomic E-state index is 5.62. The van der Waals surface area contributed by atoms with Crippen LogP contribution in [0.15, 0.2) is 24.3 Å². The first-order valence-electron chi connectivity index (χ1n) is 6.25. The van der Waals surface area contributed by atoms with Crippen LogP contribution in [-0.2, 0) is 0 Å². The van der Waals surface area contributed by atoms with E-state index in [1.54, 1.807) is 0 Å². The highest BCUT2D eigenvalue weighted by Gasteiger charge is 2.10. The van der Waals surface area contributed by atoms with Crippen molar-refractivity contribution >= 4 is 0 Å². The van der Waals surface area contributed by atoms with E-state index in [1.807, 2.05) is 0 Å². The Labute approximate surface area is 105 Å². The first kappa shape index (κ1) is 14.2. The number of hydrogen-bond acceptors (Lipinski definition) is 3. The number of nitrogens with zero attached hydrogens (tertiary/aromatic N) is 1. The Morgan fingerprint density at radius 3 is 2.06 bits per heavy atom. The van der Waals surface area contributed by atoms with E-state index < -0.39 is 0 Å². The van der Waals surface area contributed by atoms with Crippen LogP contribution in [0, 0.1) is 0 Å². The lowest BCUT2D eigenvalue weighted by atomic mass is 9.98. The molecule has 0 aromatic heterocycles. The normalized spacial score (nSPS) is 13.4. The topological polar surface area (TPSA) is 41.3 Å². The predicted molar refractivity (Wildman–Crippen MR) is 73.8 cm³/mol. The van der Waals surface area contributed by atoms with Gasteiger partial charge in [-0.25, -0.2) is 0 Å². The summed E-state index contributed by atoms with van der Waals surface area (Å²) in [5.41, 5.74) is 5.53. The van der Waals surface area contributed by atoms with Crippen LogP contribution in [0.1, 0.15) is 43.4 Å². The van der Waals surface area contributed by atoms with Crippen LogP contribution in [0.5, 0.6) is 0 Å². The number of benzene rings is 1. The third-order valence-corrected chi connectivity index (χ3v) is 3.07. The van der Waals surface area contributed by atoms with Crippen molar-refractivity contribution in [2.45, 2.75) is 32.2 Å². The molecule has 0 spiro atoms. The van der Waals surface area contributed by atoms with Crippen molar-refractivity contribution < 1.29 is 0 Å². The van der Waals surface area contributed by atoms with E-state index in [-0.39, 0.29) is 6.04 Å². The minimum Gasteiger partial charge on any atom is -0.309 e. The van der Waals surface area contributed by atoms with Crippen molar-refractivity contribution in [1.82, 2.24) is 10.3 Å². The van der Waals surface area contributed by atoms with Crippen LogP contribution in [0.4, 0.5) is 0 Å². The molecule has 0 aliphatic heterocycles. The molecule has 3 N–H and O–H groups in total. The quantitative estimate of drug-likeness (QED) is 0.587. The van der Waals surface area contributed by atoms with E-state index in [9.17, 15) is 0 Å². The predicted octanol–water partition coefficient (Wildman–Crippen LogP) is 2.27. The van der Waals surface area contributed by atoms with Crippen LogP contribution in [0.25, 0.3) is 0 Å². The summed E-state index contributed by atoms with van der Waals surface area (Å²) in [5, 5.41) is 0. The monoisotopic (exact) mass is 235 g/mol. The summed E-state index contributed by atoms with van der Waals surface area (Å²) in [6.45, 7) is 5.44. The Hall–Kier alpha value is -0.900. The van der Waals surface area contributed by atoms with Crippen LogP contribution in [0.3, 0.4) is 0 Å². The number of nitrogens with two attached hydrogens (primary N) is 1. The third kappa shape index (κ3) is 4.46. The van der Waals surface area contributed by atoms with Crippen LogP contribution in [0.2, 0.25) is 0 Å². The number of rotatable bonds is 6. The van der Waals surface area contributed by atoms with Gasteiger partial charge < -0.3 is 4.90 Å². The zero-order valence-electron chi connectivity index (χ0n) is 11.4. The maximum Gasteiger partial charge on any atom is 0.0472 e. The van der Waals surface area contributed by atoms with Gasteiger partial charge in [-0.3, -0.25) is 11.3 Å². The molecule has 3 heteroatoms. The molecule has 0 aliphatic carbocycles. The first-order chi connectivity index (χ1) is 8.04. The lowest BCUT2D eigenvalue weighted by Crippen LogP contribution is -2.30. The zero-order valence-corrected chi connectivity index (χ0v) is 11.4. The standard InChI is InChI=1S/C14H25N3/c1-11(2)12-5-7-13(8-6-12)14(16-15)9-10-17(3)4/h5-8,11,14,16H,9-10,15H2,1-4H3. The summed E-state index contributed by atoms with van der Waals surface area (Å²) in [6, 6.07) is 8.98. The van der Waals surface area contributed by atoms with Gasteiger partial charge >= 0.3 is 0 Å². The SMILES string of the molecule is CC(C)c1ccc(C(CCN(C)C)NN)cc1. The van der Waals surface area contributed by atoms with E-state index in [0.717, 1.165) is 13.0 Å². The molecule has 1 aromatic carbocycles. The molecule has 1 atom stereocenters. The van der Waals surface area contributed by atoms with Crippen LogP contribution in [-0.4, -0.2) is 25.5 Å². The molecule has 0 aliphatic rings. The Kier molecular flexibility index (Phi) is 5.62. The Balaban J connectivity index is 2.68. The molecule has 0 fully saturated rings. The van der Waals surface area contributed by atoms with Gasteiger partial charge in [-0.2, -0.15) is 0 Å². The minimum absolute atomic E-state index is 0.235. The van der Waals surface area contributed by atoms with Crippen LogP contribution < -0.4 is 11.3 Å². The van der Waals surface area contributed by atoms with Gasteiger partial charge in [-0.1, -0.05) is 38.1 Å². The molecule has 1 unspecified atom stereocenters. The highest BCUT2D eigenvalue weighted by molar-refractivity contribution is 5.26. The van der Waals surface area contributed by atoms with Crippen molar-refractivity contribution in [3.8, 4) is 0 Å². The second-order valence-corrected chi connectivity index (χ2v) is 5.13. The van der Waals surface area contributed by atoms with Crippen molar-refractivity contribution in [3.05, 3.63) is 35.4 Å². The van der Waals surface area contributed by atoms with Gasteiger partial charge in [0.2, 0.25) is 0 Å². The van der Waals surface area contributed by atoms with E-state index in [2.05, 4.69) is 62.5 Å². The number of hydrazine groups is 1. The fraction of sp³-hybridized carbons (Fsp3) is 0.571. The van der Waals surface area contributed by atoms with Crippen LogP contribution >= 0.6 is 0 Å². The molecule has 3 nitrogen and oxygen atoms in total. The molecule has 0 saturated carbocycles. The minimum atomic E-state index is 0.235. The van der Waals surface area contributed by atoms with Gasteiger partial charge in [-0.05, 0) is 44.1 Å². The van der Waals surface area contributed by atoms with E-state index >= 15 is 0 Å². The largest absolute Gasteiger partial charge is 0.309 e. The second-order valence-electron chi connectivity index (χ2n) is 5.13. The summed E-state index contributed by atoms with van der Waals surface area (Å²) in [6.07, 6.45) is 1.02. The molecule has 0 radical (unpaired) electrons. The molecule has 0 bridgehead atoms. The summed E-state index contributed by atoms with van der Waals surface area (Å²) in [5.74, 6) is 6.20. The van der Waals surface area contributed by atoms with Crippen molar-refractivity contribution in [2.24, 2.45) is 5.84 Å². The fourth-order valence-electron chi connectivity index (χ4n) is 1.85. The molecule has 0 amide bonds. The smallest absolute Gasteiger partial charge is 0.0472 e. The maximum atomic E-state index is 5.62. The highest BCUT2D eigenvalue weighted by atomic mass is 15.2. The van der Waals surface area contributed by atoms with E-state index in [4.69, 9.17) is 5.84 Å². The fourth-order valence-corrected chi connectivity index (χ4v) is 1.85. The molecule has 0 heterocycles. The van der Waals surface area contributed by atoms with Crippen molar-refractivity contribution in [3.63, 3.8) is 0 Å². The number of hydrogen-bond donors (Lipinski definition) is 2. The van der Waals surface area contributed by atoms with E-state index in [1.165, 1.54) is 11.1 Å². The molecule has 96 valence electrons. The molecule has 1 aromatic rings. The number of nitrogens with one attached hydrogen (secondary N) is 1. The molecule has 1 rings (SSSR count). The van der Waals surface area contributed by atoms with Crippen molar-refractivity contribution in [1.29, 1.82) is 0 Å². The molecular formula is C14H25N3. The summed E-state index contributed by atoms with van der Waals surface area (Å²) in [4.78, 5) is 2.17. The lowest BCUT2D eigenvalue weighted by molar-refractivity contribution is 0.363. The lowest BCUT2D eigenvalue weighted by Gasteiger charge is -2.19. The first-order valence-corrected chi connectivity index (χ1v) is 6.25. The van der Waals surface area contributed by atoms with E-state index in [0.29, 0.717) is 5.92 Å². The van der Waals surface area contributed by atoms with Gasteiger partial charge in [0.05, 0.1) is 0 Å². The third-order valence-electron chi connectivity index (χ3n) is 3.07. The Bertz CT molecular complexity index is 317. The molecule has 17 heavy (non-hydrogen) atoms. The summed E-state index contributed by atoms with van der Waals surface area (Å²) in [7, 11) is 4.16. The average Bonchev–Trinajstić information content (AvgIpc) is 2.30. The second kappa shape index (κ2) is 6.74. The Morgan fingerprint density at radius 2 is 1.65 bits per heavy atom.